The molecule has 8 heteroatoms. The molecule has 2 amide bonds. The second-order valence-electron chi connectivity index (χ2n) is 7.79. The Kier molecular flexibility index (Phi) is 5.99. The molecule has 0 aliphatic carbocycles. The lowest BCUT2D eigenvalue weighted by Gasteiger charge is -2.30. The molecule has 0 radical (unpaired) electrons. The van der Waals surface area contributed by atoms with Gasteiger partial charge >= 0.3 is 0 Å². The number of benzene rings is 1. The number of rotatable bonds is 5. The number of anilines is 1. The molecule has 160 valence electrons. The van der Waals surface area contributed by atoms with E-state index >= 15 is 0 Å². The molecule has 2 aromatic heterocycles. The normalized spacial score (nSPS) is 12.9. The molecule has 0 bridgehead atoms. The maximum absolute atomic E-state index is 13.0. The fourth-order valence-electron chi connectivity index (χ4n) is 3.80. The summed E-state index contributed by atoms with van der Waals surface area (Å²) in [7, 11) is 3.95. The van der Waals surface area contributed by atoms with Crippen molar-refractivity contribution in [3.63, 3.8) is 0 Å². The summed E-state index contributed by atoms with van der Waals surface area (Å²) in [6, 6.07) is 7.67. The van der Waals surface area contributed by atoms with Gasteiger partial charge < -0.3 is 15.1 Å². The highest BCUT2D eigenvalue weighted by atomic mass is 32.1. The number of aryl methyl sites for hydroxylation is 1. The van der Waals surface area contributed by atoms with Gasteiger partial charge in [-0.2, -0.15) is 0 Å². The van der Waals surface area contributed by atoms with E-state index in [1.165, 1.54) is 16.9 Å². The predicted molar refractivity (Wildman–Crippen MR) is 121 cm³/mol. The number of hydrogen-bond donors (Lipinski definition) is 1. The van der Waals surface area contributed by atoms with E-state index < -0.39 is 0 Å². The van der Waals surface area contributed by atoms with Gasteiger partial charge in [-0.3, -0.25) is 19.6 Å². The minimum atomic E-state index is -0.131. The van der Waals surface area contributed by atoms with Crippen LogP contribution in [-0.2, 0) is 19.5 Å². The van der Waals surface area contributed by atoms with Crippen LogP contribution in [0.15, 0.2) is 42.2 Å². The van der Waals surface area contributed by atoms with Gasteiger partial charge in [0.15, 0.2) is 0 Å². The van der Waals surface area contributed by atoms with E-state index in [-0.39, 0.29) is 11.8 Å². The summed E-state index contributed by atoms with van der Waals surface area (Å²) in [6.45, 7) is 3.53. The van der Waals surface area contributed by atoms with Crippen molar-refractivity contribution in [1.29, 1.82) is 0 Å². The third kappa shape index (κ3) is 4.44. The smallest absolute Gasteiger partial charge is 0.263 e. The Morgan fingerprint density at radius 2 is 1.97 bits per heavy atom. The quantitative estimate of drug-likeness (QED) is 0.667. The molecule has 31 heavy (non-hydrogen) atoms. The number of carbonyl (C=O) groups excluding carboxylic acids is 2. The molecule has 1 N–H and O–H groups in total. The van der Waals surface area contributed by atoms with Crippen molar-refractivity contribution in [3.05, 3.63) is 75.0 Å². The van der Waals surface area contributed by atoms with Crippen LogP contribution in [0.2, 0.25) is 0 Å². The summed E-state index contributed by atoms with van der Waals surface area (Å²) in [5.74, 6) is -0.107. The minimum absolute atomic E-state index is 0.0246. The average Bonchev–Trinajstić information content (AvgIpc) is 3.32. The summed E-state index contributed by atoms with van der Waals surface area (Å²) < 4.78 is 0. The molecule has 1 aliphatic heterocycles. The van der Waals surface area contributed by atoms with Gasteiger partial charge in [-0.05, 0) is 54.3 Å². The third-order valence-corrected chi connectivity index (χ3v) is 6.37. The van der Waals surface area contributed by atoms with Crippen LogP contribution in [0.3, 0.4) is 0 Å². The Balaban J connectivity index is 1.48. The van der Waals surface area contributed by atoms with Crippen LogP contribution in [0.5, 0.6) is 0 Å². The lowest BCUT2D eigenvalue weighted by atomic mass is 9.94. The summed E-state index contributed by atoms with van der Waals surface area (Å²) >= 11 is 1.32. The van der Waals surface area contributed by atoms with Crippen LogP contribution < -0.4 is 10.2 Å². The molecule has 1 aromatic carbocycles. The van der Waals surface area contributed by atoms with E-state index in [1.54, 1.807) is 11.7 Å². The zero-order valence-electron chi connectivity index (χ0n) is 17.9. The Labute approximate surface area is 185 Å². The van der Waals surface area contributed by atoms with Crippen molar-refractivity contribution in [1.82, 2.24) is 20.2 Å². The van der Waals surface area contributed by atoms with Gasteiger partial charge in [0.1, 0.15) is 4.88 Å². The number of nitrogens with zero attached hydrogens (tertiary/aromatic N) is 4. The molecular formula is C23H25N5O2S. The number of aromatic nitrogens is 2. The molecular weight excluding hydrogens is 410 g/mol. The summed E-state index contributed by atoms with van der Waals surface area (Å²) in [5, 5.41) is 2.97. The maximum atomic E-state index is 13.0. The van der Waals surface area contributed by atoms with E-state index in [4.69, 9.17) is 0 Å². The first-order chi connectivity index (χ1) is 14.9. The Bertz CT molecular complexity index is 1090. The molecule has 7 nitrogen and oxygen atoms in total. The Morgan fingerprint density at radius 3 is 2.65 bits per heavy atom. The average molecular weight is 436 g/mol. The summed E-state index contributed by atoms with van der Waals surface area (Å²) in [6.07, 6.45) is 4.17. The molecule has 0 saturated carbocycles. The lowest BCUT2D eigenvalue weighted by molar-refractivity contribution is 0.0734. The molecule has 0 unspecified atom stereocenters. The molecule has 0 spiro atoms. The number of amides is 2. The standard InChI is InChI=1S/C23H25N5O2S/c1-15-20(11-26-22(29)21-12-24-14-31-21)19-8-9-28(13-17(19)10-25-15)23(30)16-4-6-18(7-5-16)27(2)3/h4-7,10,12,14H,8-9,11,13H2,1-3H3,(H,26,29). The van der Waals surface area contributed by atoms with Crippen molar-refractivity contribution < 1.29 is 9.59 Å². The number of thiazole rings is 1. The molecule has 0 fully saturated rings. The topological polar surface area (TPSA) is 78.4 Å². The predicted octanol–water partition coefficient (Wildman–Crippen LogP) is 3.04. The highest BCUT2D eigenvalue weighted by Gasteiger charge is 2.25. The highest BCUT2D eigenvalue weighted by Crippen LogP contribution is 2.25. The van der Waals surface area contributed by atoms with Crippen LogP contribution >= 0.6 is 11.3 Å². The van der Waals surface area contributed by atoms with Crippen molar-refractivity contribution >= 4 is 28.8 Å². The molecule has 0 saturated heterocycles. The zero-order chi connectivity index (χ0) is 22.0. The SMILES string of the molecule is Cc1ncc2c(c1CNC(=O)c1cncs1)CCN(C(=O)c1ccc(N(C)C)cc1)C2. The van der Waals surface area contributed by atoms with E-state index in [0.717, 1.165) is 28.9 Å². The van der Waals surface area contributed by atoms with Gasteiger partial charge in [0.05, 0.1) is 11.7 Å². The van der Waals surface area contributed by atoms with Crippen molar-refractivity contribution in [2.45, 2.75) is 26.4 Å². The fraction of sp³-hybridized carbons (Fsp3) is 0.304. The number of pyridine rings is 1. The molecule has 1 aliphatic rings. The first-order valence-electron chi connectivity index (χ1n) is 10.1. The van der Waals surface area contributed by atoms with Crippen molar-refractivity contribution in [2.24, 2.45) is 0 Å². The minimum Gasteiger partial charge on any atom is -0.378 e. The number of carbonyl (C=O) groups is 2. The van der Waals surface area contributed by atoms with Crippen molar-refractivity contribution in [3.8, 4) is 0 Å². The Morgan fingerprint density at radius 1 is 1.19 bits per heavy atom. The molecule has 3 heterocycles. The summed E-state index contributed by atoms with van der Waals surface area (Å²) in [4.78, 5) is 38.3. The first kappa shape index (κ1) is 21.0. The van der Waals surface area contributed by atoms with Gasteiger partial charge in [-0.15, -0.1) is 11.3 Å². The van der Waals surface area contributed by atoms with Gasteiger partial charge in [-0.25, -0.2) is 0 Å². The number of nitrogens with one attached hydrogen (secondary N) is 1. The second kappa shape index (κ2) is 8.85. The van der Waals surface area contributed by atoms with E-state index in [2.05, 4.69) is 15.3 Å². The van der Waals surface area contributed by atoms with Crippen LogP contribution in [0, 0.1) is 6.92 Å². The molecule has 3 aromatic rings. The van der Waals surface area contributed by atoms with Gasteiger partial charge in [-0.1, -0.05) is 0 Å². The van der Waals surface area contributed by atoms with Gasteiger partial charge in [0, 0.05) is 56.9 Å². The van der Waals surface area contributed by atoms with E-state index in [0.29, 0.717) is 30.1 Å². The third-order valence-electron chi connectivity index (χ3n) is 5.60. The molecule has 4 rings (SSSR count). The van der Waals surface area contributed by atoms with Crippen LogP contribution in [-0.4, -0.2) is 47.3 Å². The largest absolute Gasteiger partial charge is 0.378 e. The van der Waals surface area contributed by atoms with E-state index in [1.807, 2.05) is 61.3 Å². The Hall–Kier alpha value is -3.26. The summed E-state index contributed by atoms with van der Waals surface area (Å²) in [5.41, 5.74) is 7.56. The van der Waals surface area contributed by atoms with Crippen LogP contribution in [0.1, 0.15) is 42.4 Å². The fourth-order valence-corrected chi connectivity index (χ4v) is 4.33. The van der Waals surface area contributed by atoms with Crippen LogP contribution in [0.25, 0.3) is 0 Å². The second-order valence-corrected chi connectivity index (χ2v) is 8.68. The van der Waals surface area contributed by atoms with Crippen LogP contribution in [0.4, 0.5) is 5.69 Å². The first-order valence-corrected chi connectivity index (χ1v) is 11.0. The molecule has 0 atom stereocenters. The zero-order valence-corrected chi connectivity index (χ0v) is 18.7. The maximum Gasteiger partial charge on any atom is 0.263 e. The lowest BCUT2D eigenvalue weighted by Crippen LogP contribution is -2.37. The van der Waals surface area contributed by atoms with Gasteiger partial charge in [0.2, 0.25) is 0 Å². The number of hydrogen-bond acceptors (Lipinski definition) is 6. The number of fused-ring (bicyclic) bond motifs is 1. The van der Waals surface area contributed by atoms with Gasteiger partial charge in [0.25, 0.3) is 11.8 Å². The monoisotopic (exact) mass is 435 g/mol. The highest BCUT2D eigenvalue weighted by molar-refractivity contribution is 7.11. The van der Waals surface area contributed by atoms with E-state index in [9.17, 15) is 9.59 Å². The van der Waals surface area contributed by atoms with Crippen molar-refractivity contribution in [2.75, 3.05) is 25.5 Å².